The van der Waals surface area contributed by atoms with E-state index in [1.807, 2.05) is 24.3 Å². The summed E-state index contributed by atoms with van der Waals surface area (Å²) < 4.78 is 10.8. The molecule has 0 aliphatic carbocycles. The Morgan fingerprint density at radius 3 is 2.30 bits per heavy atom. The molecule has 0 saturated carbocycles. The number of aromatic nitrogens is 2. The topological polar surface area (TPSA) is 61.3 Å². The summed E-state index contributed by atoms with van der Waals surface area (Å²) in [7, 11) is 1.58. The number of ether oxygens (including phenoxy) is 2. The van der Waals surface area contributed by atoms with E-state index in [0.29, 0.717) is 34.2 Å². The maximum Gasteiger partial charge on any atom is 0.230 e. The maximum absolute atomic E-state index is 13.2. The van der Waals surface area contributed by atoms with Gasteiger partial charge in [-0.15, -0.1) is 6.42 Å². The van der Waals surface area contributed by atoms with Gasteiger partial charge in [-0.05, 0) is 53.9 Å². The Balaban J connectivity index is 1.85. The van der Waals surface area contributed by atoms with Crippen molar-refractivity contribution in [2.24, 2.45) is 0 Å². The quantitative estimate of drug-likeness (QED) is 0.276. The summed E-state index contributed by atoms with van der Waals surface area (Å²) >= 11 is 0. The van der Waals surface area contributed by atoms with E-state index in [9.17, 15) is 4.79 Å². The molecule has 0 atom stereocenters. The molecule has 0 spiro atoms. The number of methoxy groups -OCH3 is 1. The van der Waals surface area contributed by atoms with Crippen LogP contribution in [-0.2, 0) is 0 Å². The summed E-state index contributed by atoms with van der Waals surface area (Å²) in [6.07, 6.45) is 5.33. The van der Waals surface area contributed by atoms with Gasteiger partial charge in [-0.1, -0.05) is 44.0 Å². The van der Waals surface area contributed by atoms with Gasteiger partial charge in [0.2, 0.25) is 11.6 Å². The molecule has 5 nitrogen and oxygen atoms in total. The van der Waals surface area contributed by atoms with Crippen LogP contribution in [0.3, 0.4) is 0 Å². The van der Waals surface area contributed by atoms with Crippen molar-refractivity contribution < 1.29 is 14.3 Å². The Morgan fingerprint density at radius 1 is 0.970 bits per heavy atom. The van der Waals surface area contributed by atoms with E-state index in [2.05, 4.69) is 36.9 Å². The first-order valence-electron chi connectivity index (χ1n) is 10.7. The van der Waals surface area contributed by atoms with Crippen LogP contribution < -0.4 is 9.47 Å². The zero-order valence-electron chi connectivity index (χ0n) is 18.8. The van der Waals surface area contributed by atoms with Gasteiger partial charge in [0.05, 0.1) is 18.3 Å². The molecule has 164 valence electrons. The molecule has 0 saturated heterocycles. The van der Waals surface area contributed by atoms with Crippen LogP contribution in [0.25, 0.3) is 22.2 Å². The summed E-state index contributed by atoms with van der Waals surface area (Å²) in [5, 5.41) is 0.785. The van der Waals surface area contributed by atoms with Gasteiger partial charge in [0, 0.05) is 16.5 Å². The minimum Gasteiger partial charge on any atom is -0.497 e. The first kappa shape index (κ1) is 22.0. The fourth-order valence-electron chi connectivity index (χ4n) is 3.54. The summed E-state index contributed by atoms with van der Waals surface area (Å²) in [6.45, 7) is 4.46. The van der Waals surface area contributed by atoms with E-state index in [4.69, 9.17) is 20.9 Å². The van der Waals surface area contributed by atoms with Crippen LogP contribution in [0.1, 0.15) is 41.5 Å². The number of carbonyl (C=O) groups excluding carboxylic acids is 1. The molecule has 0 N–H and O–H groups in total. The third-order valence-corrected chi connectivity index (χ3v) is 5.40. The molecular formula is C28H24N2O3. The highest BCUT2D eigenvalue weighted by Gasteiger charge is 2.18. The lowest BCUT2D eigenvalue weighted by molar-refractivity contribution is 0.103. The van der Waals surface area contributed by atoms with Crippen LogP contribution in [0.15, 0.2) is 66.7 Å². The van der Waals surface area contributed by atoms with E-state index in [1.165, 1.54) is 5.56 Å². The van der Waals surface area contributed by atoms with Gasteiger partial charge in [-0.3, -0.25) is 4.79 Å². The van der Waals surface area contributed by atoms with Gasteiger partial charge in [-0.25, -0.2) is 9.97 Å². The van der Waals surface area contributed by atoms with E-state index in [-0.39, 0.29) is 18.2 Å². The van der Waals surface area contributed by atoms with E-state index < -0.39 is 0 Å². The maximum atomic E-state index is 13.2. The van der Waals surface area contributed by atoms with Crippen LogP contribution in [-0.4, -0.2) is 29.5 Å². The highest BCUT2D eigenvalue weighted by Crippen LogP contribution is 2.31. The lowest BCUT2D eigenvalue weighted by Gasteiger charge is -2.12. The number of terminal acetylenes is 1. The molecule has 1 aromatic heterocycles. The third kappa shape index (κ3) is 4.70. The molecule has 33 heavy (non-hydrogen) atoms. The number of hydrogen-bond acceptors (Lipinski definition) is 5. The first-order chi connectivity index (χ1) is 16.0. The zero-order chi connectivity index (χ0) is 23.4. The number of nitrogens with zero attached hydrogens (tertiary/aromatic N) is 2. The standard InChI is InChI=1S/C28H24N2O3/c1-5-16-33-23-14-15-25-24(17-23)26(20-8-6-19(7-9-20)18(2)3)30-28(29-25)27(31)21-10-12-22(32-4)13-11-21/h1,6-15,17-18H,16H2,2-4H3. The zero-order valence-corrected chi connectivity index (χ0v) is 18.8. The molecule has 3 aromatic carbocycles. The average molecular weight is 437 g/mol. The molecule has 1 heterocycles. The van der Waals surface area contributed by atoms with Crippen molar-refractivity contribution in [3.05, 3.63) is 83.7 Å². The smallest absolute Gasteiger partial charge is 0.230 e. The molecule has 5 heteroatoms. The van der Waals surface area contributed by atoms with Crippen molar-refractivity contribution in [3.63, 3.8) is 0 Å². The number of rotatable bonds is 7. The van der Waals surface area contributed by atoms with Gasteiger partial charge in [-0.2, -0.15) is 0 Å². The van der Waals surface area contributed by atoms with Crippen molar-refractivity contribution in [2.75, 3.05) is 13.7 Å². The van der Waals surface area contributed by atoms with Crippen molar-refractivity contribution in [3.8, 4) is 35.1 Å². The first-order valence-corrected chi connectivity index (χ1v) is 10.7. The fraction of sp³-hybridized carbons (Fsp3) is 0.179. The largest absolute Gasteiger partial charge is 0.497 e. The van der Waals surface area contributed by atoms with Crippen LogP contribution in [0.4, 0.5) is 0 Å². The molecular weight excluding hydrogens is 412 g/mol. The predicted octanol–water partition coefficient (Wildman–Crippen LogP) is 5.67. The lowest BCUT2D eigenvalue weighted by Crippen LogP contribution is -2.09. The van der Waals surface area contributed by atoms with Gasteiger partial charge in [0.15, 0.2) is 0 Å². The van der Waals surface area contributed by atoms with E-state index in [1.54, 1.807) is 37.4 Å². The summed E-state index contributed by atoms with van der Waals surface area (Å²) in [4.78, 5) is 22.5. The van der Waals surface area contributed by atoms with Gasteiger partial charge in [0.1, 0.15) is 18.1 Å². The third-order valence-electron chi connectivity index (χ3n) is 5.40. The van der Waals surface area contributed by atoms with Crippen LogP contribution in [0, 0.1) is 12.3 Å². The van der Waals surface area contributed by atoms with Crippen LogP contribution >= 0.6 is 0 Å². The normalized spacial score (nSPS) is 10.8. The van der Waals surface area contributed by atoms with Crippen LogP contribution in [0.5, 0.6) is 11.5 Å². The van der Waals surface area contributed by atoms with E-state index in [0.717, 1.165) is 10.9 Å². The number of benzene rings is 3. The number of carbonyl (C=O) groups is 1. The molecule has 0 amide bonds. The van der Waals surface area contributed by atoms with Crippen LogP contribution in [0.2, 0.25) is 0 Å². The Labute approximate surface area is 193 Å². The number of ketones is 1. The van der Waals surface area contributed by atoms with Crippen molar-refractivity contribution in [1.82, 2.24) is 9.97 Å². The summed E-state index contributed by atoms with van der Waals surface area (Å²) in [5.41, 5.74) is 3.93. The minimum atomic E-state index is -0.257. The Kier molecular flexibility index (Phi) is 6.37. The monoisotopic (exact) mass is 436 g/mol. The lowest BCUT2D eigenvalue weighted by atomic mass is 9.99. The second-order valence-electron chi connectivity index (χ2n) is 7.90. The van der Waals surface area contributed by atoms with E-state index >= 15 is 0 Å². The Bertz CT molecular complexity index is 1330. The SMILES string of the molecule is C#CCOc1ccc2nc(C(=O)c3ccc(OC)cc3)nc(-c3ccc(C(C)C)cc3)c2c1. The molecule has 0 aliphatic rings. The number of fused-ring (bicyclic) bond motifs is 1. The second kappa shape index (κ2) is 9.54. The van der Waals surface area contributed by atoms with Gasteiger partial charge < -0.3 is 9.47 Å². The molecule has 0 radical (unpaired) electrons. The highest BCUT2D eigenvalue weighted by molar-refractivity contribution is 6.08. The fourth-order valence-corrected chi connectivity index (χ4v) is 3.54. The Morgan fingerprint density at radius 2 is 1.67 bits per heavy atom. The minimum absolute atomic E-state index is 0.132. The summed E-state index contributed by atoms with van der Waals surface area (Å²) in [5.74, 6) is 4.06. The van der Waals surface area contributed by atoms with Crippen molar-refractivity contribution >= 4 is 16.7 Å². The summed E-state index contributed by atoms with van der Waals surface area (Å²) in [6, 6.07) is 20.6. The predicted molar refractivity (Wildman–Crippen MR) is 130 cm³/mol. The van der Waals surface area contributed by atoms with Gasteiger partial charge in [0.25, 0.3) is 0 Å². The molecule has 4 rings (SSSR count). The molecule has 0 fully saturated rings. The van der Waals surface area contributed by atoms with Gasteiger partial charge >= 0.3 is 0 Å². The number of hydrogen-bond donors (Lipinski definition) is 0. The second-order valence-corrected chi connectivity index (χ2v) is 7.90. The molecule has 0 aliphatic heterocycles. The van der Waals surface area contributed by atoms with Crippen molar-refractivity contribution in [1.29, 1.82) is 0 Å². The molecule has 4 aromatic rings. The molecule has 0 unspecified atom stereocenters. The molecule has 0 bridgehead atoms. The average Bonchev–Trinajstić information content (AvgIpc) is 2.86. The van der Waals surface area contributed by atoms with Crippen molar-refractivity contribution in [2.45, 2.75) is 19.8 Å². The Hall–Kier alpha value is -4.17. The highest BCUT2D eigenvalue weighted by atomic mass is 16.5.